The Labute approximate surface area is 116 Å². The quantitative estimate of drug-likeness (QED) is 0.907. The first-order valence-electron chi connectivity index (χ1n) is 5.87. The lowest BCUT2D eigenvalue weighted by Gasteiger charge is -2.17. The van der Waals surface area contributed by atoms with E-state index in [1.165, 1.54) is 0 Å². The number of nitrogens with two attached hydrogens (primary N) is 1. The fraction of sp³-hybridized carbons (Fsp3) is 0.462. The van der Waals surface area contributed by atoms with E-state index in [0.29, 0.717) is 12.3 Å². The highest BCUT2D eigenvalue weighted by molar-refractivity contribution is 9.10. The zero-order valence-corrected chi connectivity index (χ0v) is 12.5. The maximum atomic E-state index is 11.7. The van der Waals surface area contributed by atoms with Gasteiger partial charge in [0.25, 0.3) is 5.91 Å². The van der Waals surface area contributed by atoms with Gasteiger partial charge in [0.1, 0.15) is 5.75 Å². The fourth-order valence-corrected chi connectivity index (χ4v) is 1.81. The number of carbonyl (C=O) groups is 1. The van der Waals surface area contributed by atoms with Gasteiger partial charge in [-0.05, 0) is 32.0 Å². The summed E-state index contributed by atoms with van der Waals surface area (Å²) in [4.78, 5) is 13.3. The van der Waals surface area contributed by atoms with E-state index in [0.717, 1.165) is 10.0 Å². The summed E-state index contributed by atoms with van der Waals surface area (Å²) in [6.45, 7) is 4.51. The Balaban J connectivity index is 2.76. The number of nitrogens with zero attached hydrogens (tertiary/aromatic N) is 1. The molecule has 0 aliphatic heterocycles. The Morgan fingerprint density at radius 3 is 2.78 bits per heavy atom. The number of hydrogen-bond donors (Lipinski definition) is 1. The number of halogens is 1. The molecule has 100 valence electrons. The number of carbonyl (C=O) groups excluding carboxylic acids is 1. The summed E-state index contributed by atoms with van der Waals surface area (Å²) >= 11 is 3.39. The van der Waals surface area contributed by atoms with Crippen molar-refractivity contribution in [2.24, 2.45) is 5.73 Å². The average Bonchev–Trinajstić information content (AvgIpc) is 2.35. The van der Waals surface area contributed by atoms with E-state index in [2.05, 4.69) is 15.9 Å². The Hall–Kier alpha value is -1.07. The van der Waals surface area contributed by atoms with E-state index in [1.807, 2.05) is 32.0 Å². The van der Waals surface area contributed by atoms with Crippen LogP contribution >= 0.6 is 15.9 Å². The zero-order chi connectivity index (χ0) is 13.7. The third-order valence-corrected chi connectivity index (χ3v) is 3.21. The minimum Gasteiger partial charge on any atom is -0.483 e. The van der Waals surface area contributed by atoms with Crippen LogP contribution in [0.1, 0.15) is 25.5 Å². The van der Waals surface area contributed by atoms with Gasteiger partial charge in [-0.25, -0.2) is 0 Å². The van der Waals surface area contributed by atoms with Crippen LogP contribution in [0.3, 0.4) is 0 Å². The molecule has 1 unspecified atom stereocenters. The summed E-state index contributed by atoms with van der Waals surface area (Å²) in [5.41, 5.74) is 6.77. The first-order valence-corrected chi connectivity index (χ1v) is 6.66. The van der Waals surface area contributed by atoms with Crippen molar-refractivity contribution < 1.29 is 9.53 Å². The molecule has 1 aromatic rings. The molecule has 5 heteroatoms. The maximum Gasteiger partial charge on any atom is 0.260 e. The van der Waals surface area contributed by atoms with Gasteiger partial charge in [0.15, 0.2) is 6.61 Å². The smallest absolute Gasteiger partial charge is 0.260 e. The first kappa shape index (κ1) is 15.0. The Morgan fingerprint density at radius 1 is 1.56 bits per heavy atom. The van der Waals surface area contributed by atoms with Gasteiger partial charge in [-0.3, -0.25) is 4.79 Å². The third-order valence-electron chi connectivity index (χ3n) is 2.71. The van der Waals surface area contributed by atoms with Crippen LogP contribution in [0.2, 0.25) is 0 Å². The second kappa shape index (κ2) is 6.75. The van der Waals surface area contributed by atoms with Gasteiger partial charge < -0.3 is 15.4 Å². The number of likely N-dealkylation sites (N-methyl/N-ethyl adjacent to an activating group) is 1. The van der Waals surface area contributed by atoms with Gasteiger partial charge in [0.05, 0.1) is 0 Å². The van der Waals surface area contributed by atoms with Crippen molar-refractivity contribution in [2.75, 3.05) is 20.2 Å². The van der Waals surface area contributed by atoms with Gasteiger partial charge in [0.2, 0.25) is 0 Å². The van der Waals surface area contributed by atoms with Crippen LogP contribution in [0.5, 0.6) is 5.75 Å². The van der Waals surface area contributed by atoms with Crippen LogP contribution in [-0.2, 0) is 4.79 Å². The summed E-state index contributed by atoms with van der Waals surface area (Å²) in [6.07, 6.45) is 0. The molecule has 0 fully saturated rings. The minimum atomic E-state index is -0.142. The summed E-state index contributed by atoms with van der Waals surface area (Å²) in [6, 6.07) is 5.46. The second-order valence-corrected chi connectivity index (χ2v) is 5.08. The molecule has 0 saturated carbocycles. The molecule has 0 bridgehead atoms. The summed E-state index contributed by atoms with van der Waals surface area (Å²) < 4.78 is 6.49. The molecular weight excluding hydrogens is 296 g/mol. The molecule has 0 saturated heterocycles. The lowest BCUT2D eigenvalue weighted by molar-refractivity contribution is -0.131. The standard InChI is InChI=1S/C13H19BrN2O2/c1-4-16(3)13(17)8-18-12-6-5-10(14)7-11(12)9(2)15/h5-7,9H,4,8,15H2,1-3H3. The van der Waals surface area contributed by atoms with Crippen LogP contribution in [0, 0.1) is 0 Å². The predicted molar refractivity (Wildman–Crippen MR) is 75.6 cm³/mol. The molecule has 0 aliphatic rings. The molecule has 4 nitrogen and oxygen atoms in total. The molecule has 0 aromatic heterocycles. The van der Waals surface area contributed by atoms with Crippen molar-refractivity contribution >= 4 is 21.8 Å². The van der Waals surface area contributed by atoms with Crippen LogP contribution in [-0.4, -0.2) is 31.0 Å². The molecule has 0 spiro atoms. The molecule has 1 amide bonds. The molecular formula is C13H19BrN2O2. The van der Waals surface area contributed by atoms with E-state index >= 15 is 0 Å². The van der Waals surface area contributed by atoms with Gasteiger partial charge >= 0.3 is 0 Å². The van der Waals surface area contributed by atoms with Gasteiger partial charge in [-0.2, -0.15) is 0 Å². The van der Waals surface area contributed by atoms with Crippen molar-refractivity contribution in [3.05, 3.63) is 28.2 Å². The minimum absolute atomic E-state index is 0.0334. The molecule has 1 rings (SSSR count). The van der Waals surface area contributed by atoms with Crippen LogP contribution in [0.4, 0.5) is 0 Å². The number of ether oxygens (including phenoxy) is 1. The Bertz CT molecular complexity index is 421. The summed E-state index contributed by atoms with van der Waals surface area (Å²) in [5, 5.41) is 0. The van der Waals surface area contributed by atoms with Crippen molar-refractivity contribution in [2.45, 2.75) is 19.9 Å². The largest absolute Gasteiger partial charge is 0.483 e. The highest BCUT2D eigenvalue weighted by atomic mass is 79.9. The van der Waals surface area contributed by atoms with E-state index < -0.39 is 0 Å². The molecule has 2 N–H and O–H groups in total. The van der Waals surface area contributed by atoms with Gasteiger partial charge in [0, 0.05) is 29.7 Å². The SMILES string of the molecule is CCN(C)C(=O)COc1ccc(Br)cc1C(C)N. The Kier molecular flexibility index (Phi) is 5.62. The zero-order valence-electron chi connectivity index (χ0n) is 10.9. The van der Waals surface area contributed by atoms with E-state index in [9.17, 15) is 4.79 Å². The Morgan fingerprint density at radius 2 is 2.22 bits per heavy atom. The molecule has 0 radical (unpaired) electrons. The van der Waals surface area contributed by atoms with Crippen LogP contribution < -0.4 is 10.5 Å². The molecule has 0 heterocycles. The maximum absolute atomic E-state index is 11.7. The summed E-state index contributed by atoms with van der Waals surface area (Å²) in [5.74, 6) is 0.613. The topological polar surface area (TPSA) is 55.6 Å². The van der Waals surface area contributed by atoms with E-state index in [4.69, 9.17) is 10.5 Å². The van der Waals surface area contributed by atoms with Crippen molar-refractivity contribution in [1.29, 1.82) is 0 Å². The number of rotatable bonds is 5. The molecule has 1 atom stereocenters. The number of amides is 1. The van der Waals surface area contributed by atoms with Crippen LogP contribution in [0.25, 0.3) is 0 Å². The van der Waals surface area contributed by atoms with Gasteiger partial charge in [-0.15, -0.1) is 0 Å². The van der Waals surface area contributed by atoms with E-state index in [-0.39, 0.29) is 18.6 Å². The molecule has 18 heavy (non-hydrogen) atoms. The van der Waals surface area contributed by atoms with Gasteiger partial charge in [-0.1, -0.05) is 15.9 Å². The highest BCUT2D eigenvalue weighted by Crippen LogP contribution is 2.27. The molecule has 0 aliphatic carbocycles. The monoisotopic (exact) mass is 314 g/mol. The highest BCUT2D eigenvalue weighted by Gasteiger charge is 2.12. The van der Waals surface area contributed by atoms with E-state index in [1.54, 1.807) is 11.9 Å². The lowest BCUT2D eigenvalue weighted by Crippen LogP contribution is -2.31. The first-order chi connectivity index (χ1) is 8.45. The third kappa shape index (κ3) is 3.99. The second-order valence-electron chi connectivity index (χ2n) is 4.17. The number of hydrogen-bond acceptors (Lipinski definition) is 3. The normalized spacial score (nSPS) is 12.1. The lowest BCUT2D eigenvalue weighted by atomic mass is 10.1. The van der Waals surface area contributed by atoms with Crippen molar-refractivity contribution in [1.82, 2.24) is 4.90 Å². The fourth-order valence-electron chi connectivity index (χ4n) is 1.43. The average molecular weight is 315 g/mol. The predicted octanol–water partition coefficient (Wildman–Crippen LogP) is 2.33. The van der Waals surface area contributed by atoms with Crippen molar-refractivity contribution in [3.8, 4) is 5.75 Å². The summed E-state index contributed by atoms with van der Waals surface area (Å²) in [7, 11) is 1.75. The van der Waals surface area contributed by atoms with Crippen LogP contribution in [0.15, 0.2) is 22.7 Å². The van der Waals surface area contributed by atoms with Crippen molar-refractivity contribution in [3.63, 3.8) is 0 Å². The number of benzene rings is 1. The molecule has 1 aromatic carbocycles.